The highest BCUT2D eigenvalue weighted by Gasteiger charge is 2.17. The molecule has 74 valence electrons. The van der Waals surface area contributed by atoms with Crippen molar-refractivity contribution in [2.75, 3.05) is 7.11 Å². The van der Waals surface area contributed by atoms with Crippen molar-refractivity contribution in [3.05, 3.63) is 23.5 Å². The van der Waals surface area contributed by atoms with Gasteiger partial charge in [0.05, 0.1) is 13.2 Å². The normalized spacial score (nSPS) is 25.7. The van der Waals surface area contributed by atoms with Crippen LogP contribution in [0.2, 0.25) is 0 Å². The molecule has 2 nitrogen and oxygen atoms in total. The van der Waals surface area contributed by atoms with Crippen molar-refractivity contribution in [2.45, 2.75) is 30.7 Å². The number of alkyl halides is 1. The Balaban J connectivity index is 2.86. The first-order valence-corrected chi connectivity index (χ1v) is 5.34. The maximum Gasteiger partial charge on any atom is 0.114 e. The van der Waals surface area contributed by atoms with E-state index < -0.39 is 6.10 Å². The van der Waals surface area contributed by atoms with E-state index in [1.807, 2.05) is 12.2 Å². The van der Waals surface area contributed by atoms with Gasteiger partial charge in [0.1, 0.15) is 5.76 Å². The third-order valence-corrected chi connectivity index (χ3v) is 3.14. The Morgan fingerprint density at radius 2 is 2.38 bits per heavy atom. The third kappa shape index (κ3) is 2.85. The van der Waals surface area contributed by atoms with E-state index in [0.29, 0.717) is 0 Å². The molecule has 2 unspecified atom stereocenters. The van der Waals surface area contributed by atoms with Crippen LogP contribution in [-0.4, -0.2) is 23.1 Å². The summed E-state index contributed by atoms with van der Waals surface area (Å²) < 4.78 is 5.15. The molecule has 13 heavy (non-hydrogen) atoms. The number of ether oxygens (including phenoxy) is 1. The number of aliphatic hydroxyl groups excluding tert-OH is 1. The molecule has 1 rings (SSSR count). The van der Waals surface area contributed by atoms with Crippen LogP contribution in [-0.2, 0) is 4.74 Å². The van der Waals surface area contributed by atoms with Crippen molar-refractivity contribution in [1.82, 2.24) is 0 Å². The van der Waals surface area contributed by atoms with Crippen LogP contribution in [0.5, 0.6) is 0 Å². The summed E-state index contributed by atoms with van der Waals surface area (Å²) in [4.78, 5) is 0.261. The highest BCUT2D eigenvalue weighted by atomic mass is 79.9. The summed E-state index contributed by atoms with van der Waals surface area (Å²) >= 11 is 3.54. The van der Waals surface area contributed by atoms with Crippen LogP contribution >= 0.6 is 15.9 Å². The van der Waals surface area contributed by atoms with Gasteiger partial charge in [0.15, 0.2) is 0 Å². The second kappa shape index (κ2) is 4.82. The molecule has 0 heterocycles. The Morgan fingerprint density at radius 1 is 1.69 bits per heavy atom. The Hall–Kier alpha value is -0.280. The first-order valence-electron chi connectivity index (χ1n) is 4.43. The molecule has 0 saturated carbocycles. The van der Waals surface area contributed by atoms with Crippen LogP contribution in [0.15, 0.2) is 23.5 Å². The molecule has 0 radical (unpaired) electrons. The summed E-state index contributed by atoms with van der Waals surface area (Å²) in [5.41, 5.74) is 0.991. The van der Waals surface area contributed by atoms with Gasteiger partial charge in [-0.25, -0.2) is 0 Å². The van der Waals surface area contributed by atoms with Gasteiger partial charge in [0.2, 0.25) is 0 Å². The lowest BCUT2D eigenvalue weighted by Crippen LogP contribution is -2.14. The fourth-order valence-corrected chi connectivity index (χ4v) is 2.16. The maximum atomic E-state index is 9.50. The van der Waals surface area contributed by atoms with Crippen LogP contribution in [0.4, 0.5) is 0 Å². The third-order valence-electron chi connectivity index (χ3n) is 2.15. The highest BCUT2D eigenvalue weighted by molar-refractivity contribution is 9.09. The largest absolute Gasteiger partial charge is 0.497 e. The van der Waals surface area contributed by atoms with Gasteiger partial charge in [-0.2, -0.15) is 0 Å². The van der Waals surface area contributed by atoms with Crippen LogP contribution < -0.4 is 0 Å². The number of hydrogen-bond donors (Lipinski definition) is 1. The Labute approximate surface area is 87.4 Å². The van der Waals surface area contributed by atoms with Crippen LogP contribution in [0.1, 0.15) is 19.8 Å². The maximum absolute atomic E-state index is 9.50. The van der Waals surface area contributed by atoms with Gasteiger partial charge in [0, 0.05) is 4.83 Å². The van der Waals surface area contributed by atoms with Crippen molar-refractivity contribution in [1.29, 1.82) is 0 Å². The zero-order chi connectivity index (χ0) is 9.84. The van der Waals surface area contributed by atoms with Crippen molar-refractivity contribution in [2.24, 2.45) is 0 Å². The predicted octanol–water partition coefficient (Wildman–Crippen LogP) is 2.38. The van der Waals surface area contributed by atoms with E-state index in [-0.39, 0.29) is 4.83 Å². The molecule has 0 aromatic rings. The lowest BCUT2D eigenvalue weighted by Gasteiger charge is -2.14. The minimum atomic E-state index is -0.416. The minimum absolute atomic E-state index is 0.261. The first-order chi connectivity index (χ1) is 6.15. The van der Waals surface area contributed by atoms with E-state index in [1.165, 1.54) is 0 Å². The lowest BCUT2D eigenvalue weighted by atomic mass is 10.1. The second-order valence-electron chi connectivity index (χ2n) is 3.18. The van der Waals surface area contributed by atoms with Crippen molar-refractivity contribution < 1.29 is 9.84 Å². The molecule has 0 aromatic carbocycles. The summed E-state index contributed by atoms with van der Waals surface area (Å²) in [6.07, 6.45) is 5.52. The number of allylic oxidation sites excluding steroid dienone is 2. The SMILES string of the molecule is COC1=CCCC(Br)C(C(C)O)=C1. The molecule has 1 aliphatic carbocycles. The van der Waals surface area contributed by atoms with E-state index in [0.717, 1.165) is 24.2 Å². The van der Waals surface area contributed by atoms with E-state index in [2.05, 4.69) is 15.9 Å². The molecule has 0 bridgehead atoms. The summed E-state index contributed by atoms with van der Waals surface area (Å²) in [6.45, 7) is 1.78. The summed E-state index contributed by atoms with van der Waals surface area (Å²) in [5, 5.41) is 9.50. The van der Waals surface area contributed by atoms with E-state index in [9.17, 15) is 5.11 Å². The van der Waals surface area contributed by atoms with E-state index in [4.69, 9.17) is 4.74 Å². The molecule has 2 atom stereocenters. The highest BCUT2D eigenvalue weighted by Crippen LogP contribution is 2.26. The van der Waals surface area contributed by atoms with Crippen LogP contribution in [0, 0.1) is 0 Å². The fourth-order valence-electron chi connectivity index (χ4n) is 1.38. The fraction of sp³-hybridized carbons (Fsp3) is 0.600. The molecular weight excluding hydrogens is 232 g/mol. The number of halogens is 1. The first kappa shape index (κ1) is 10.8. The smallest absolute Gasteiger partial charge is 0.114 e. The summed E-state index contributed by atoms with van der Waals surface area (Å²) in [6, 6.07) is 0. The van der Waals surface area contributed by atoms with Gasteiger partial charge in [-0.1, -0.05) is 15.9 Å². The van der Waals surface area contributed by atoms with E-state index in [1.54, 1.807) is 14.0 Å². The summed E-state index contributed by atoms with van der Waals surface area (Å²) in [7, 11) is 1.65. The van der Waals surface area contributed by atoms with E-state index >= 15 is 0 Å². The minimum Gasteiger partial charge on any atom is -0.497 e. The molecule has 0 fully saturated rings. The average Bonchev–Trinajstić information content (AvgIpc) is 2.26. The lowest BCUT2D eigenvalue weighted by molar-refractivity contribution is 0.226. The van der Waals surface area contributed by atoms with Crippen LogP contribution in [0.3, 0.4) is 0 Å². The quantitative estimate of drug-likeness (QED) is 0.759. The topological polar surface area (TPSA) is 29.5 Å². The zero-order valence-corrected chi connectivity index (χ0v) is 9.54. The molecule has 0 aliphatic heterocycles. The van der Waals surface area contributed by atoms with Crippen molar-refractivity contribution in [3.63, 3.8) is 0 Å². The van der Waals surface area contributed by atoms with Gasteiger partial charge in [-0.3, -0.25) is 0 Å². The van der Waals surface area contributed by atoms with Crippen molar-refractivity contribution >= 4 is 15.9 Å². The molecule has 0 amide bonds. The van der Waals surface area contributed by atoms with Gasteiger partial charge in [-0.15, -0.1) is 0 Å². The monoisotopic (exact) mass is 246 g/mol. The second-order valence-corrected chi connectivity index (χ2v) is 4.28. The molecule has 1 N–H and O–H groups in total. The predicted molar refractivity (Wildman–Crippen MR) is 56.8 cm³/mol. The Morgan fingerprint density at radius 3 is 2.92 bits per heavy atom. The Bertz CT molecular complexity index is 231. The average molecular weight is 247 g/mol. The van der Waals surface area contributed by atoms with Crippen LogP contribution in [0.25, 0.3) is 0 Å². The van der Waals surface area contributed by atoms with Crippen molar-refractivity contribution in [3.8, 4) is 0 Å². The molecule has 0 spiro atoms. The number of methoxy groups -OCH3 is 1. The van der Waals surface area contributed by atoms with Gasteiger partial charge in [0.25, 0.3) is 0 Å². The Kier molecular flexibility index (Phi) is 4.00. The molecule has 0 saturated heterocycles. The molecule has 3 heteroatoms. The zero-order valence-electron chi connectivity index (χ0n) is 7.96. The number of rotatable bonds is 2. The number of hydrogen-bond acceptors (Lipinski definition) is 2. The van der Waals surface area contributed by atoms with Gasteiger partial charge in [-0.05, 0) is 37.5 Å². The summed E-state index contributed by atoms with van der Waals surface area (Å²) in [5.74, 6) is 0.845. The molecule has 0 aromatic heterocycles. The van der Waals surface area contributed by atoms with Gasteiger partial charge < -0.3 is 9.84 Å². The standard InChI is InChI=1S/C10H15BrO2/c1-7(12)9-6-8(13-2)4-3-5-10(9)11/h4,6-7,10,12H,3,5H2,1-2H3. The number of aliphatic hydroxyl groups is 1. The van der Waals surface area contributed by atoms with Gasteiger partial charge >= 0.3 is 0 Å². The molecule has 1 aliphatic rings. The molecular formula is C10H15BrO2.